The van der Waals surface area contributed by atoms with E-state index in [1.54, 1.807) is 0 Å². The second kappa shape index (κ2) is 2.19. The van der Waals surface area contributed by atoms with Crippen LogP contribution in [0.4, 0.5) is 0 Å². The Kier molecular flexibility index (Phi) is 1.37. The highest BCUT2D eigenvalue weighted by Gasteiger charge is 2.70. The third kappa shape index (κ3) is 0.618. The average molecular weight is 166 g/mol. The Balaban J connectivity index is 2.27. The van der Waals surface area contributed by atoms with Crippen molar-refractivity contribution in [3.05, 3.63) is 12.2 Å². The fraction of sp³-hybridized carbons (Fsp3) is 0.556. The number of ether oxygens (including phenoxy) is 1. The summed E-state index contributed by atoms with van der Waals surface area (Å²) < 4.78 is 4.66. The summed E-state index contributed by atoms with van der Waals surface area (Å²) in [6, 6.07) is 0. The molecule has 3 atom stereocenters. The van der Waals surface area contributed by atoms with E-state index in [0.717, 1.165) is 12.7 Å². The number of rotatable bonds is 2. The summed E-state index contributed by atoms with van der Waals surface area (Å²) in [5, 5.41) is 0. The number of methoxy groups -OCH3 is 1. The minimum absolute atomic E-state index is 0.130. The van der Waals surface area contributed by atoms with Crippen molar-refractivity contribution in [3.8, 4) is 0 Å². The molecule has 0 amide bonds. The van der Waals surface area contributed by atoms with E-state index >= 15 is 0 Å². The van der Waals surface area contributed by atoms with E-state index in [1.807, 2.05) is 12.2 Å². The summed E-state index contributed by atoms with van der Waals surface area (Å²) in [7, 11) is 1.36. The molecule has 0 saturated heterocycles. The second-order valence-electron chi connectivity index (χ2n) is 3.33. The van der Waals surface area contributed by atoms with Crippen LogP contribution in [0.15, 0.2) is 12.2 Å². The van der Waals surface area contributed by atoms with Crippen LogP contribution in [0.25, 0.3) is 0 Å². The standard InChI is InChI=1S/C9H10O3/c1-12-8(11)9-4-2-3-6(9)7(9)5-10/h2,4-7H,3H2,1H3/t6-,7+,9+/m1/s1. The molecule has 0 radical (unpaired) electrons. The summed E-state index contributed by atoms with van der Waals surface area (Å²) in [5.41, 5.74) is -0.573. The Morgan fingerprint density at radius 3 is 3.00 bits per heavy atom. The van der Waals surface area contributed by atoms with E-state index in [2.05, 4.69) is 4.74 Å². The van der Waals surface area contributed by atoms with Gasteiger partial charge in [-0.25, -0.2) is 0 Å². The van der Waals surface area contributed by atoms with Crippen molar-refractivity contribution >= 4 is 12.3 Å². The van der Waals surface area contributed by atoms with Gasteiger partial charge in [0.1, 0.15) is 6.29 Å². The summed E-state index contributed by atoms with van der Waals surface area (Å²) in [6.45, 7) is 0. The number of aldehydes is 1. The van der Waals surface area contributed by atoms with Crippen LogP contribution < -0.4 is 0 Å². The van der Waals surface area contributed by atoms with Crippen molar-refractivity contribution in [1.29, 1.82) is 0 Å². The third-order valence-electron chi connectivity index (χ3n) is 2.96. The lowest BCUT2D eigenvalue weighted by molar-refractivity contribution is -0.146. The van der Waals surface area contributed by atoms with Crippen LogP contribution in [-0.4, -0.2) is 19.4 Å². The molecule has 0 N–H and O–H groups in total. The lowest BCUT2D eigenvalue weighted by Gasteiger charge is -2.05. The van der Waals surface area contributed by atoms with Crippen LogP contribution in [0.1, 0.15) is 6.42 Å². The van der Waals surface area contributed by atoms with Crippen molar-refractivity contribution in [2.45, 2.75) is 6.42 Å². The number of allylic oxidation sites excluding steroid dienone is 1. The highest BCUT2D eigenvalue weighted by atomic mass is 16.5. The molecule has 0 spiro atoms. The zero-order valence-corrected chi connectivity index (χ0v) is 6.82. The van der Waals surface area contributed by atoms with Crippen LogP contribution in [0.5, 0.6) is 0 Å². The van der Waals surface area contributed by atoms with Gasteiger partial charge in [-0.2, -0.15) is 0 Å². The van der Waals surface area contributed by atoms with Gasteiger partial charge < -0.3 is 9.53 Å². The van der Waals surface area contributed by atoms with E-state index in [9.17, 15) is 9.59 Å². The summed E-state index contributed by atoms with van der Waals surface area (Å²) in [6.07, 6.45) is 5.47. The van der Waals surface area contributed by atoms with Gasteiger partial charge >= 0.3 is 5.97 Å². The topological polar surface area (TPSA) is 43.4 Å². The molecule has 2 rings (SSSR count). The number of esters is 1. The normalized spacial score (nSPS) is 42.1. The zero-order valence-electron chi connectivity index (χ0n) is 6.82. The SMILES string of the molecule is COC(=O)[C@@]12C=CC[C@@H]1[C@@H]2C=O. The Hall–Kier alpha value is -1.12. The van der Waals surface area contributed by atoms with Crippen LogP contribution in [-0.2, 0) is 14.3 Å². The molecule has 2 aliphatic carbocycles. The van der Waals surface area contributed by atoms with Crippen LogP contribution in [0, 0.1) is 17.3 Å². The molecule has 0 bridgehead atoms. The first-order chi connectivity index (χ1) is 5.77. The summed E-state index contributed by atoms with van der Waals surface area (Å²) >= 11 is 0. The fourth-order valence-electron chi connectivity index (χ4n) is 2.24. The molecule has 0 aromatic heterocycles. The van der Waals surface area contributed by atoms with Gasteiger partial charge in [-0.05, 0) is 12.3 Å². The van der Waals surface area contributed by atoms with Crippen molar-refractivity contribution in [2.75, 3.05) is 7.11 Å². The molecule has 0 unspecified atom stereocenters. The van der Waals surface area contributed by atoms with E-state index in [-0.39, 0.29) is 17.8 Å². The Bertz CT molecular complexity index is 269. The summed E-state index contributed by atoms with van der Waals surface area (Å²) in [4.78, 5) is 21.9. The molecule has 3 nitrogen and oxygen atoms in total. The largest absolute Gasteiger partial charge is 0.468 e. The summed E-state index contributed by atoms with van der Waals surface area (Å²) in [5.74, 6) is -0.212. The van der Waals surface area contributed by atoms with Crippen LogP contribution in [0.2, 0.25) is 0 Å². The minimum Gasteiger partial charge on any atom is -0.468 e. The number of fused-ring (bicyclic) bond motifs is 1. The maximum atomic E-state index is 11.3. The van der Waals surface area contributed by atoms with E-state index in [0.29, 0.717) is 0 Å². The van der Waals surface area contributed by atoms with Crippen molar-refractivity contribution in [1.82, 2.24) is 0 Å². The molecule has 2 aliphatic rings. The fourth-order valence-corrected chi connectivity index (χ4v) is 2.24. The number of carbonyl (C=O) groups is 2. The average Bonchev–Trinajstić information content (AvgIpc) is 2.51. The number of hydrogen-bond acceptors (Lipinski definition) is 3. The Morgan fingerprint density at radius 2 is 2.50 bits per heavy atom. The smallest absolute Gasteiger partial charge is 0.316 e. The van der Waals surface area contributed by atoms with Gasteiger partial charge in [0, 0.05) is 5.92 Å². The third-order valence-corrected chi connectivity index (χ3v) is 2.96. The lowest BCUT2D eigenvalue weighted by Crippen LogP contribution is -2.18. The second-order valence-corrected chi connectivity index (χ2v) is 3.33. The van der Waals surface area contributed by atoms with Gasteiger partial charge in [0.05, 0.1) is 12.5 Å². The number of hydrogen-bond donors (Lipinski definition) is 0. The van der Waals surface area contributed by atoms with Crippen LogP contribution in [0.3, 0.4) is 0 Å². The van der Waals surface area contributed by atoms with E-state index < -0.39 is 5.41 Å². The van der Waals surface area contributed by atoms with Gasteiger partial charge in [0.2, 0.25) is 0 Å². The molecule has 0 aromatic rings. The van der Waals surface area contributed by atoms with Crippen LogP contribution >= 0.6 is 0 Å². The van der Waals surface area contributed by atoms with E-state index in [4.69, 9.17) is 0 Å². The Labute approximate surface area is 70.4 Å². The van der Waals surface area contributed by atoms with Gasteiger partial charge in [0.25, 0.3) is 0 Å². The first kappa shape index (κ1) is 7.53. The van der Waals surface area contributed by atoms with Crippen molar-refractivity contribution in [3.63, 3.8) is 0 Å². The highest BCUT2D eigenvalue weighted by molar-refractivity contribution is 5.90. The minimum atomic E-state index is -0.573. The molecule has 64 valence electrons. The molecule has 0 aliphatic heterocycles. The first-order valence-electron chi connectivity index (χ1n) is 3.98. The van der Waals surface area contributed by atoms with E-state index in [1.165, 1.54) is 7.11 Å². The maximum absolute atomic E-state index is 11.3. The van der Waals surface area contributed by atoms with Gasteiger partial charge in [-0.3, -0.25) is 4.79 Å². The molecule has 0 heterocycles. The number of carbonyl (C=O) groups excluding carboxylic acids is 2. The van der Waals surface area contributed by atoms with Crippen molar-refractivity contribution < 1.29 is 14.3 Å². The lowest BCUT2D eigenvalue weighted by atomic mass is 10.1. The monoisotopic (exact) mass is 166 g/mol. The molecule has 3 heteroatoms. The predicted molar refractivity (Wildman–Crippen MR) is 41.3 cm³/mol. The Morgan fingerprint density at radius 1 is 1.75 bits per heavy atom. The van der Waals surface area contributed by atoms with Gasteiger partial charge in [-0.15, -0.1) is 0 Å². The molecule has 0 aromatic carbocycles. The predicted octanol–water partition coefficient (Wildman–Crippen LogP) is 0.551. The molecule has 1 fully saturated rings. The first-order valence-corrected chi connectivity index (χ1v) is 3.98. The molecule has 1 saturated carbocycles. The quantitative estimate of drug-likeness (QED) is 0.342. The molecule has 12 heavy (non-hydrogen) atoms. The molecular formula is C9H10O3. The van der Waals surface area contributed by atoms with Crippen molar-refractivity contribution in [2.24, 2.45) is 17.3 Å². The van der Waals surface area contributed by atoms with Gasteiger partial charge in [0.15, 0.2) is 0 Å². The van der Waals surface area contributed by atoms with Gasteiger partial charge in [-0.1, -0.05) is 12.2 Å². The zero-order chi connectivity index (χ0) is 8.77. The maximum Gasteiger partial charge on any atom is 0.316 e. The molecular weight excluding hydrogens is 156 g/mol. The highest BCUT2D eigenvalue weighted by Crippen LogP contribution is 2.64.